The zero-order valence-corrected chi connectivity index (χ0v) is 12.7. The van der Waals surface area contributed by atoms with Crippen molar-refractivity contribution in [3.05, 3.63) is 23.9 Å². The predicted molar refractivity (Wildman–Crippen MR) is 77.5 cm³/mol. The van der Waals surface area contributed by atoms with Crippen molar-refractivity contribution in [1.82, 2.24) is 9.88 Å². The summed E-state index contributed by atoms with van der Waals surface area (Å²) in [7, 11) is 0. The Labute approximate surface area is 135 Å². The van der Waals surface area contributed by atoms with Crippen molar-refractivity contribution in [2.75, 3.05) is 24.5 Å². The Morgan fingerprint density at radius 3 is 2.75 bits per heavy atom. The molecule has 1 spiro atoms. The molecule has 1 atom stereocenters. The fourth-order valence-corrected chi connectivity index (χ4v) is 3.49. The molecule has 1 aromatic rings. The molecule has 0 aromatic carbocycles. The highest BCUT2D eigenvalue weighted by atomic mass is 19.4. The molecule has 2 aliphatic heterocycles. The number of carbonyl (C=O) groups is 2. The smallest absolute Gasteiger partial charge is 0.416 e. The molecule has 2 aliphatic rings. The van der Waals surface area contributed by atoms with E-state index in [0.29, 0.717) is 19.4 Å². The molecule has 0 aliphatic carbocycles. The number of carbonyl (C=O) groups excluding carboxylic acids is 1. The predicted octanol–water partition coefficient (Wildman–Crippen LogP) is 2.60. The van der Waals surface area contributed by atoms with E-state index in [2.05, 4.69) is 4.98 Å². The van der Waals surface area contributed by atoms with E-state index in [0.717, 1.165) is 18.3 Å². The Kier molecular flexibility index (Phi) is 3.89. The van der Waals surface area contributed by atoms with Crippen LogP contribution in [-0.4, -0.2) is 46.6 Å². The molecule has 0 saturated carbocycles. The number of amides is 2. The van der Waals surface area contributed by atoms with Gasteiger partial charge in [-0.3, -0.25) is 9.69 Å². The summed E-state index contributed by atoms with van der Waals surface area (Å²) in [4.78, 5) is 29.9. The average molecular weight is 343 g/mol. The van der Waals surface area contributed by atoms with E-state index < -0.39 is 23.2 Å². The van der Waals surface area contributed by atoms with Crippen molar-refractivity contribution in [2.45, 2.75) is 25.4 Å². The fourth-order valence-electron chi connectivity index (χ4n) is 3.49. The summed E-state index contributed by atoms with van der Waals surface area (Å²) in [6, 6.07) is 1.71. The van der Waals surface area contributed by atoms with Crippen LogP contribution in [0.2, 0.25) is 0 Å². The molecular weight excluding hydrogens is 327 g/mol. The highest BCUT2D eigenvalue weighted by Gasteiger charge is 2.47. The number of halogens is 3. The quantitative estimate of drug-likeness (QED) is 0.851. The molecule has 9 heteroatoms. The number of likely N-dealkylation sites (tertiary alicyclic amines) is 1. The topological polar surface area (TPSA) is 73.7 Å². The van der Waals surface area contributed by atoms with E-state index in [-0.39, 0.29) is 31.2 Å². The first kappa shape index (κ1) is 16.5. The summed E-state index contributed by atoms with van der Waals surface area (Å²) in [5.41, 5.74) is -1.42. The SMILES string of the molecule is O=C(O)N1CCCC2(CC(=O)N(c3cc(C(F)(F)F)ccn3)C2)C1. The minimum atomic E-state index is -4.51. The largest absolute Gasteiger partial charge is 0.465 e. The Morgan fingerprint density at radius 1 is 1.33 bits per heavy atom. The molecule has 2 amide bonds. The molecule has 1 aromatic heterocycles. The summed E-state index contributed by atoms with van der Waals surface area (Å²) in [6.07, 6.45) is -3.11. The zero-order valence-electron chi connectivity index (χ0n) is 12.7. The van der Waals surface area contributed by atoms with E-state index in [1.807, 2.05) is 0 Å². The zero-order chi connectivity index (χ0) is 17.5. The molecule has 2 fully saturated rings. The first-order chi connectivity index (χ1) is 11.2. The number of piperidine rings is 1. The summed E-state index contributed by atoms with van der Waals surface area (Å²) in [5.74, 6) is -0.367. The molecule has 6 nitrogen and oxygen atoms in total. The van der Waals surface area contributed by atoms with Crippen LogP contribution in [-0.2, 0) is 11.0 Å². The van der Waals surface area contributed by atoms with Crippen LogP contribution in [0.25, 0.3) is 0 Å². The summed E-state index contributed by atoms with van der Waals surface area (Å²) in [6.45, 7) is 0.806. The molecule has 3 heterocycles. The molecule has 1 N–H and O–H groups in total. The van der Waals surface area contributed by atoms with Gasteiger partial charge in [-0.05, 0) is 25.0 Å². The minimum Gasteiger partial charge on any atom is -0.465 e. The van der Waals surface area contributed by atoms with Gasteiger partial charge in [0.25, 0.3) is 0 Å². The lowest BCUT2D eigenvalue weighted by Gasteiger charge is -2.38. The van der Waals surface area contributed by atoms with Gasteiger partial charge in [0.15, 0.2) is 0 Å². The third-order valence-corrected chi connectivity index (χ3v) is 4.60. The van der Waals surface area contributed by atoms with Gasteiger partial charge in [-0.2, -0.15) is 13.2 Å². The third-order valence-electron chi connectivity index (χ3n) is 4.60. The number of pyridine rings is 1. The lowest BCUT2D eigenvalue weighted by molar-refractivity contribution is -0.137. The van der Waals surface area contributed by atoms with Crippen LogP contribution in [0.4, 0.5) is 23.8 Å². The van der Waals surface area contributed by atoms with Gasteiger partial charge in [0, 0.05) is 37.7 Å². The van der Waals surface area contributed by atoms with E-state index in [9.17, 15) is 22.8 Å². The summed E-state index contributed by atoms with van der Waals surface area (Å²) in [5, 5.41) is 9.15. The second kappa shape index (κ2) is 5.64. The molecule has 24 heavy (non-hydrogen) atoms. The number of hydrogen-bond donors (Lipinski definition) is 1. The summed E-state index contributed by atoms with van der Waals surface area (Å²) >= 11 is 0. The van der Waals surface area contributed by atoms with Crippen molar-refractivity contribution in [2.24, 2.45) is 5.41 Å². The molecule has 2 saturated heterocycles. The third kappa shape index (κ3) is 3.02. The van der Waals surface area contributed by atoms with Crippen LogP contribution < -0.4 is 4.90 Å². The van der Waals surface area contributed by atoms with E-state index in [1.54, 1.807) is 0 Å². The van der Waals surface area contributed by atoms with E-state index in [1.165, 1.54) is 9.80 Å². The molecule has 3 rings (SSSR count). The summed E-state index contributed by atoms with van der Waals surface area (Å²) < 4.78 is 38.5. The maximum atomic E-state index is 12.8. The Balaban J connectivity index is 1.84. The van der Waals surface area contributed by atoms with Gasteiger partial charge in [-0.25, -0.2) is 9.78 Å². The molecule has 1 unspecified atom stereocenters. The fraction of sp³-hybridized carbons (Fsp3) is 0.533. The average Bonchev–Trinajstić information content (AvgIpc) is 2.82. The van der Waals surface area contributed by atoms with Crippen molar-refractivity contribution < 1.29 is 27.9 Å². The van der Waals surface area contributed by atoms with Gasteiger partial charge in [-0.15, -0.1) is 0 Å². The van der Waals surface area contributed by atoms with Crippen LogP contribution in [0.15, 0.2) is 18.3 Å². The highest BCUT2D eigenvalue weighted by Crippen LogP contribution is 2.41. The number of alkyl halides is 3. The first-order valence-corrected chi connectivity index (χ1v) is 7.52. The number of rotatable bonds is 1. The van der Waals surface area contributed by atoms with Crippen LogP contribution in [0.1, 0.15) is 24.8 Å². The van der Waals surface area contributed by atoms with E-state index >= 15 is 0 Å². The maximum absolute atomic E-state index is 12.8. The molecular formula is C15H16F3N3O3. The van der Waals surface area contributed by atoms with Gasteiger partial charge in [-0.1, -0.05) is 0 Å². The van der Waals surface area contributed by atoms with Gasteiger partial charge >= 0.3 is 12.3 Å². The number of anilines is 1. The monoisotopic (exact) mass is 343 g/mol. The number of carboxylic acid groups (broad SMARTS) is 1. The minimum absolute atomic E-state index is 0.0425. The molecule has 0 radical (unpaired) electrons. The Hall–Kier alpha value is -2.32. The molecule has 130 valence electrons. The van der Waals surface area contributed by atoms with E-state index in [4.69, 9.17) is 5.11 Å². The second-order valence-corrected chi connectivity index (χ2v) is 6.36. The Bertz CT molecular complexity index is 679. The van der Waals surface area contributed by atoms with Crippen molar-refractivity contribution in [1.29, 1.82) is 0 Å². The van der Waals surface area contributed by atoms with Gasteiger partial charge in [0.2, 0.25) is 5.91 Å². The lowest BCUT2D eigenvalue weighted by Crippen LogP contribution is -2.46. The van der Waals surface area contributed by atoms with Gasteiger partial charge in [0.1, 0.15) is 5.82 Å². The van der Waals surface area contributed by atoms with Gasteiger partial charge < -0.3 is 10.0 Å². The number of nitrogens with zero attached hydrogens (tertiary/aromatic N) is 3. The Morgan fingerprint density at radius 2 is 2.08 bits per heavy atom. The van der Waals surface area contributed by atoms with Crippen molar-refractivity contribution in [3.8, 4) is 0 Å². The normalized spacial score (nSPS) is 24.7. The second-order valence-electron chi connectivity index (χ2n) is 6.36. The van der Waals surface area contributed by atoms with Crippen LogP contribution >= 0.6 is 0 Å². The number of aromatic nitrogens is 1. The standard InChI is InChI=1S/C15H16F3N3O3/c16-15(17,18)10-2-4-19-11(6-10)21-9-14(7-12(21)22)3-1-5-20(8-14)13(23)24/h2,4,6H,1,3,5,7-9H2,(H,23,24). The first-order valence-electron chi connectivity index (χ1n) is 7.52. The highest BCUT2D eigenvalue weighted by molar-refractivity contribution is 5.95. The van der Waals surface area contributed by atoms with Crippen LogP contribution in [0.3, 0.4) is 0 Å². The maximum Gasteiger partial charge on any atom is 0.416 e. The van der Waals surface area contributed by atoms with Gasteiger partial charge in [0.05, 0.1) is 5.56 Å². The van der Waals surface area contributed by atoms with Crippen molar-refractivity contribution >= 4 is 17.8 Å². The van der Waals surface area contributed by atoms with Crippen LogP contribution in [0.5, 0.6) is 0 Å². The molecule has 0 bridgehead atoms. The van der Waals surface area contributed by atoms with Crippen molar-refractivity contribution in [3.63, 3.8) is 0 Å². The van der Waals surface area contributed by atoms with Crippen LogP contribution in [0, 0.1) is 5.41 Å². The lowest BCUT2D eigenvalue weighted by atomic mass is 9.79. The number of hydrogen-bond acceptors (Lipinski definition) is 3.